The number of rotatable bonds is 10. The molecule has 0 saturated carbocycles. The standard InChI is InChI=1S/C24H29N5O2S/c1-28(2)10-11-29(24(31)27-13-18-6-4-3-5-7-18)15-19-8-9-22(26-14-19)23(30)12-20-16-32-17-21(20)25/h3-9,14,16-17H,10-13,15,25H2,1-2H3,(H,27,31). The summed E-state index contributed by atoms with van der Waals surface area (Å²) in [6, 6.07) is 13.2. The summed E-state index contributed by atoms with van der Waals surface area (Å²) >= 11 is 1.48. The SMILES string of the molecule is CN(C)CCN(Cc1ccc(C(=O)Cc2cscc2N)nc1)C(=O)NCc1ccccc1. The molecule has 8 heteroatoms. The quantitative estimate of drug-likeness (QED) is 0.461. The molecule has 3 aromatic rings. The number of hydrogen-bond acceptors (Lipinski definition) is 6. The zero-order chi connectivity index (χ0) is 22.9. The normalized spacial score (nSPS) is 10.8. The minimum absolute atomic E-state index is 0.0771. The fraction of sp³-hybridized carbons (Fsp3) is 0.292. The largest absolute Gasteiger partial charge is 0.398 e. The summed E-state index contributed by atoms with van der Waals surface area (Å²) < 4.78 is 0. The molecule has 2 aromatic heterocycles. The molecule has 168 valence electrons. The number of urea groups is 1. The number of carbonyl (C=O) groups excluding carboxylic acids is 2. The van der Waals surface area contributed by atoms with Crippen molar-refractivity contribution >= 4 is 28.8 Å². The van der Waals surface area contributed by atoms with Gasteiger partial charge in [0.25, 0.3) is 0 Å². The molecule has 0 bridgehead atoms. The van der Waals surface area contributed by atoms with Gasteiger partial charge < -0.3 is 20.9 Å². The highest BCUT2D eigenvalue weighted by Gasteiger charge is 2.16. The van der Waals surface area contributed by atoms with Crippen LogP contribution in [0.3, 0.4) is 0 Å². The van der Waals surface area contributed by atoms with Gasteiger partial charge in [-0.15, -0.1) is 11.3 Å². The molecule has 3 rings (SSSR count). The lowest BCUT2D eigenvalue weighted by molar-refractivity contribution is 0.0988. The average molecular weight is 452 g/mol. The van der Waals surface area contributed by atoms with Crippen molar-refractivity contribution in [2.75, 3.05) is 32.9 Å². The molecule has 0 aliphatic carbocycles. The number of hydrogen-bond donors (Lipinski definition) is 2. The van der Waals surface area contributed by atoms with E-state index in [1.54, 1.807) is 17.2 Å². The molecule has 1 aromatic carbocycles. The summed E-state index contributed by atoms with van der Waals surface area (Å²) in [5.74, 6) is -0.0771. The molecular formula is C24H29N5O2S. The van der Waals surface area contributed by atoms with Crippen LogP contribution in [0, 0.1) is 0 Å². The second-order valence-electron chi connectivity index (χ2n) is 7.87. The van der Waals surface area contributed by atoms with Gasteiger partial charge in [0, 0.05) is 49.9 Å². The summed E-state index contributed by atoms with van der Waals surface area (Å²) in [6.07, 6.45) is 1.90. The van der Waals surface area contributed by atoms with Gasteiger partial charge in [-0.25, -0.2) is 4.79 Å². The Kier molecular flexibility index (Phi) is 8.35. The molecule has 0 spiro atoms. The Labute approximate surface area is 192 Å². The second kappa shape index (κ2) is 11.4. The van der Waals surface area contributed by atoms with Crippen LogP contribution in [-0.2, 0) is 19.5 Å². The van der Waals surface area contributed by atoms with E-state index in [0.717, 1.165) is 23.2 Å². The summed E-state index contributed by atoms with van der Waals surface area (Å²) in [5.41, 5.74) is 9.65. The Morgan fingerprint density at radius 2 is 1.81 bits per heavy atom. The third kappa shape index (κ3) is 6.90. The smallest absolute Gasteiger partial charge is 0.318 e. The van der Waals surface area contributed by atoms with Crippen molar-refractivity contribution in [3.63, 3.8) is 0 Å². The molecule has 0 aliphatic heterocycles. The first-order chi connectivity index (χ1) is 15.4. The van der Waals surface area contributed by atoms with Gasteiger partial charge in [-0.1, -0.05) is 36.4 Å². The van der Waals surface area contributed by atoms with Crippen LogP contribution in [0.25, 0.3) is 0 Å². The molecular weight excluding hydrogens is 422 g/mol. The number of pyridine rings is 1. The number of amides is 2. The number of nitrogen functional groups attached to an aromatic ring is 1. The Balaban J connectivity index is 1.62. The number of thiophene rings is 1. The number of likely N-dealkylation sites (N-methyl/N-ethyl adjacent to an activating group) is 1. The van der Waals surface area contributed by atoms with E-state index < -0.39 is 0 Å². The average Bonchev–Trinajstić information content (AvgIpc) is 3.20. The molecule has 32 heavy (non-hydrogen) atoms. The summed E-state index contributed by atoms with van der Waals surface area (Å²) in [7, 11) is 3.95. The Morgan fingerprint density at radius 1 is 1.03 bits per heavy atom. The maximum atomic E-state index is 12.8. The fourth-order valence-corrected chi connectivity index (χ4v) is 3.85. The number of Topliss-reactive ketones (excluding diaryl/α,β-unsaturated/α-hetero) is 1. The Morgan fingerprint density at radius 3 is 2.44 bits per heavy atom. The van der Waals surface area contributed by atoms with Gasteiger partial charge in [0.15, 0.2) is 5.78 Å². The predicted octanol–water partition coefficient (Wildman–Crippen LogP) is 3.42. The van der Waals surface area contributed by atoms with Gasteiger partial charge >= 0.3 is 6.03 Å². The Hall–Kier alpha value is -3.23. The zero-order valence-corrected chi connectivity index (χ0v) is 19.3. The monoisotopic (exact) mass is 451 g/mol. The molecule has 3 N–H and O–H groups in total. The van der Waals surface area contributed by atoms with Crippen LogP contribution in [0.4, 0.5) is 10.5 Å². The zero-order valence-electron chi connectivity index (χ0n) is 18.5. The van der Waals surface area contributed by atoms with Crippen molar-refractivity contribution in [1.29, 1.82) is 0 Å². The van der Waals surface area contributed by atoms with Gasteiger partial charge in [0.2, 0.25) is 0 Å². The third-order valence-electron chi connectivity index (χ3n) is 5.00. The summed E-state index contributed by atoms with van der Waals surface area (Å²) in [5, 5.41) is 6.70. The lowest BCUT2D eigenvalue weighted by Crippen LogP contribution is -2.42. The van der Waals surface area contributed by atoms with Gasteiger partial charge in [-0.05, 0) is 42.2 Å². The molecule has 0 radical (unpaired) electrons. The molecule has 0 fully saturated rings. The van der Waals surface area contributed by atoms with Crippen LogP contribution in [0.15, 0.2) is 59.4 Å². The maximum absolute atomic E-state index is 12.8. The molecule has 2 amide bonds. The van der Waals surface area contributed by atoms with Crippen LogP contribution < -0.4 is 11.1 Å². The molecule has 2 heterocycles. The van der Waals surface area contributed by atoms with Crippen molar-refractivity contribution in [2.45, 2.75) is 19.5 Å². The van der Waals surface area contributed by atoms with E-state index in [2.05, 4.69) is 10.3 Å². The first kappa shape index (κ1) is 23.4. The minimum atomic E-state index is -0.135. The van der Waals surface area contributed by atoms with Crippen molar-refractivity contribution < 1.29 is 9.59 Å². The van der Waals surface area contributed by atoms with Crippen molar-refractivity contribution in [2.24, 2.45) is 0 Å². The molecule has 7 nitrogen and oxygen atoms in total. The van der Waals surface area contributed by atoms with Crippen LogP contribution >= 0.6 is 11.3 Å². The first-order valence-electron chi connectivity index (χ1n) is 10.4. The van der Waals surface area contributed by atoms with Crippen LogP contribution in [0.5, 0.6) is 0 Å². The lowest BCUT2D eigenvalue weighted by atomic mass is 10.1. The van der Waals surface area contributed by atoms with E-state index in [-0.39, 0.29) is 18.2 Å². The fourth-order valence-electron chi connectivity index (χ4n) is 3.10. The Bertz CT molecular complexity index is 1020. The van der Waals surface area contributed by atoms with E-state index in [4.69, 9.17) is 5.73 Å². The van der Waals surface area contributed by atoms with E-state index in [1.165, 1.54) is 11.3 Å². The summed E-state index contributed by atoms with van der Waals surface area (Å²) in [6.45, 7) is 2.19. The predicted molar refractivity (Wildman–Crippen MR) is 129 cm³/mol. The van der Waals surface area contributed by atoms with Gasteiger partial charge in [-0.3, -0.25) is 9.78 Å². The summed E-state index contributed by atoms with van der Waals surface area (Å²) in [4.78, 5) is 33.5. The van der Waals surface area contributed by atoms with Gasteiger partial charge in [0.05, 0.1) is 0 Å². The number of ketones is 1. The van der Waals surface area contributed by atoms with Crippen molar-refractivity contribution in [3.8, 4) is 0 Å². The number of anilines is 1. The number of nitrogens with two attached hydrogens (primary N) is 1. The first-order valence-corrected chi connectivity index (χ1v) is 11.4. The second-order valence-corrected chi connectivity index (χ2v) is 8.62. The van der Waals surface area contributed by atoms with Crippen LogP contribution in [-0.4, -0.2) is 53.8 Å². The highest BCUT2D eigenvalue weighted by atomic mass is 32.1. The highest BCUT2D eigenvalue weighted by Crippen LogP contribution is 2.19. The topological polar surface area (TPSA) is 91.6 Å². The maximum Gasteiger partial charge on any atom is 0.318 e. The van der Waals surface area contributed by atoms with E-state index in [1.807, 2.05) is 66.2 Å². The third-order valence-corrected chi connectivity index (χ3v) is 5.81. The van der Waals surface area contributed by atoms with E-state index >= 15 is 0 Å². The van der Waals surface area contributed by atoms with Crippen LogP contribution in [0.2, 0.25) is 0 Å². The number of aromatic nitrogens is 1. The number of nitrogens with zero attached hydrogens (tertiary/aromatic N) is 3. The number of nitrogens with one attached hydrogen (secondary N) is 1. The van der Waals surface area contributed by atoms with Crippen molar-refractivity contribution in [3.05, 3.63) is 81.8 Å². The van der Waals surface area contributed by atoms with Crippen molar-refractivity contribution in [1.82, 2.24) is 20.1 Å². The highest BCUT2D eigenvalue weighted by molar-refractivity contribution is 7.08. The van der Waals surface area contributed by atoms with E-state index in [0.29, 0.717) is 31.0 Å². The van der Waals surface area contributed by atoms with E-state index in [9.17, 15) is 9.59 Å². The number of carbonyl (C=O) groups is 2. The van der Waals surface area contributed by atoms with Crippen LogP contribution in [0.1, 0.15) is 27.2 Å². The lowest BCUT2D eigenvalue weighted by Gasteiger charge is -2.25. The molecule has 0 aliphatic rings. The molecule has 0 atom stereocenters. The number of benzene rings is 1. The minimum Gasteiger partial charge on any atom is -0.398 e. The van der Waals surface area contributed by atoms with Gasteiger partial charge in [0.1, 0.15) is 5.69 Å². The molecule has 0 saturated heterocycles. The van der Waals surface area contributed by atoms with Gasteiger partial charge in [-0.2, -0.15) is 0 Å². The molecule has 0 unspecified atom stereocenters.